The lowest BCUT2D eigenvalue weighted by atomic mass is 9.91. The molecule has 0 aliphatic rings. The van der Waals surface area contributed by atoms with Crippen molar-refractivity contribution in [3.05, 3.63) is 93.9 Å². The second-order valence-electron chi connectivity index (χ2n) is 6.83. The van der Waals surface area contributed by atoms with Crippen LogP contribution in [0, 0.1) is 0 Å². The summed E-state index contributed by atoms with van der Waals surface area (Å²) in [6.07, 6.45) is 1.61. The molecule has 0 saturated heterocycles. The highest BCUT2D eigenvalue weighted by atomic mass is 16.5. The van der Waals surface area contributed by atoms with Gasteiger partial charge in [-0.05, 0) is 55.3 Å². The monoisotopic (exact) mass is 371 g/mol. The van der Waals surface area contributed by atoms with Gasteiger partial charge in [-0.25, -0.2) is 0 Å². The van der Waals surface area contributed by atoms with E-state index in [0.717, 1.165) is 22.2 Å². The number of methoxy groups -OCH3 is 1. The quantitative estimate of drug-likeness (QED) is 0.505. The molecule has 28 heavy (non-hydrogen) atoms. The first-order chi connectivity index (χ1) is 13.6. The maximum atomic E-state index is 13.7. The first-order valence-corrected chi connectivity index (χ1v) is 9.11. The molecule has 4 heteroatoms. The van der Waals surface area contributed by atoms with Crippen LogP contribution in [0.25, 0.3) is 27.9 Å². The van der Waals surface area contributed by atoms with Gasteiger partial charge in [-0.1, -0.05) is 35.9 Å². The average molecular weight is 371 g/mol. The molecule has 4 aromatic rings. The standard InChI is InChI=1S/C24H21NO3/c1-15(2)21(16-8-5-4-6-9-16)22-23(20-10-7-13-28-20)25-19-12-11-17(27-3)14-18(19)24(22)26/h4-14H,1-3H3,(H,25,26). The van der Waals surface area contributed by atoms with Gasteiger partial charge in [-0.15, -0.1) is 0 Å². The molecule has 4 rings (SSSR count). The van der Waals surface area contributed by atoms with Crippen LogP contribution < -0.4 is 10.2 Å². The SMILES string of the molecule is COc1ccc2[nH]c(-c3ccco3)c(C(=C(C)C)c3ccccc3)c(=O)c2c1. The van der Waals surface area contributed by atoms with Gasteiger partial charge >= 0.3 is 0 Å². The minimum absolute atomic E-state index is 0.0564. The summed E-state index contributed by atoms with van der Waals surface area (Å²) in [5.74, 6) is 1.27. The molecular formula is C24H21NO3. The number of rotatable bonds is 4. The summed E-state index contributed by atoms with van der Waals surface area (Å²) >= 11 is 0. The fourth-order valence-electron chi connectivity index (χ4n) is 3.52. The van der Waals surface area contributed by atoms with E-state index in [1.54, 1.807) is 19.4 Å². The lowest BCUT2D eigenvalue weighted by Gasteiger charge is -2.16. The number of fused-ring (bicyclic) bond motifs is 1. The Labute approximate surface area is 163 Å². The van der Waals surface area contributed by atoms with Crippen LogP contribution in [0.2, 0.25) is 0 Å². The summed E-state index contributed by atoms with van der Waals surface area (Å²) in [4.78, 5) is 17.1. The van der Waals surface area contributed by atoms with Crippen molar-refractivity contribution in [1.29, 1.82) is 0 Å². The van der Waals surface area contributed by atoms with Gasteiger partial charge in [0.2, 0.25) is 0 Å². The first-order valence-electron chi connectivity index (χ1n) is 9.11. The van der Waals surface area contributed by atoms with Crippen molar-refractivity contribution in [2.45, 2.75) is 13.8 Å². The molecule has 1 N–H and O–H groups in total. The van der Waals surface area contributed by atoms with Crippen molar-refractivity contribution in [3.8, 4) is 17.2 Å². The second kappa shape index (κ2) is 7.24. The molecule has 0 saturated carbocycles. The summed E-state index contributed by atoms with van der Waals surface area (Å²) in [5, 5.41) is 0.583. The van der Waals surface area contributed by atoms with Crippen LogP contribution in [-0.2, 0) is 0 Å². The van der Waals surface area contributed by atoms with Crippen LogP contribution in [0.15, 0.2) is 81.7 Å². The Bertz CT molecular complexity index is 1210. The summed E-state index contributed by atoms with van der Waals surface area (Å²) in [6, 6.07) is 19.1. The second-order valence-corrected chi connectivity index (χ2v) is 6.83. The predicted octanol–water partition coefficient (Wildman–Crippen LogP) is 5.64. The minimum atomic E-state index is -0.0564. The van der Waals surface area contributed by atoms with Gasteiger partial charge in [-0.3, -0.25) is 4.79 Å². The van der Waals surface area contributed by atoms with Crippen molar-refractivity contribution in [2.24, 2.45) is 0 Å². The Kier molecular flexibility index (Phi) is 4.62. The third-order valence-corrected chi connectivity index (χ3v) is 4.79. The summed E-state index contributed by atoms with van der Waals surface area (Å²) < 4.78 is 11.0. The van der Waals surface area contributed by atoms with Gasteiger partial charge in [0.25, 0.3) is 0 Å². The third kappa shape index (κ3) is 3.03. The van der Waals surface area contributed by atoms with Crippen LogP contribution in [0.1, 0.15) is 25.0 Å². The largest absolute Gasteiger partial charge is 0.497 e. The van der Waals surface area contributed by atoms with Gasteiger partial charge in [-0.2, -0.15) is 0 Å². The Morgan fingerprint density at radius 1 is 1.00 bits per heavy atom. The van der Waals surface area contributed by atoms with E-state index < -0.39 is 0 Å². The Balaban J connectivity index is 2.13. The van der Waals surface area contributed by atoms with Crippen LogP contribution >= 0.6 is 0 Å². The van der Waals surface area contributed by atoms with Crippen molar-refractivity contribution in [3.63, 3.8) is 0 Å². The topological polar surface area (TPSA) is 55.2 Å². The van der Waals surface area contributed by atoms with Crippen molar-refractivity contribution < 1.29 is 9.15 Å². The van der Waals surface area contributed by atoms with E-state index in [2.05, 4.69) is 4.98 Å². The molecular weight excluding hydrogens is 350 g/mol. The molecule has 2 heterocycles. The number of pyridine rings is 1. The number of benzene rings is 2. The number of aromatic nitrogens is 1. The van der Waals surface area contributed by atoms with E-state index in [4.69, 9.17) is 9.15 Å². The molecule has 2 aromatic heterocycles. The molecule has 140 valence electrons. The highest BCUT2D eigenvalue weighted by molar-refractivity contribution is 5.94. The fourth-order valence-corrected chi connectivity index (χ4v) is 3.52. The highest BCUT2D eigenvalue weighted by Crippen LogP contribution is 2.33. The van der Waals surface area contributed by atoms with Crippen molar-refractivity contribution >= 4 is 16.5 Å². The summed E-state index contributed by atoms with van der Waals surface area (Å²) in [5.41, 5.74) is 4.89. The molecule has 0 aliphatic heterocycles. The molecule has 0 atom stereocenters. The van der Waals surface area contributed by atoms with Gasteiger partial charge in [0.1, 0.15) is 5.75 Å². The first kappa shape index (κ1) is 17.9. The maximum absolute atomic E-state index is 13.7. The third-order valence-electron chi connectivity index (χ3n) is 4.79. The normalized spacial score (nSPS) is 10.8. The zero-order valence-electron chi connectivity index (χ0n) is 16.1. The number of allylic oxidation sites excluding steroid dienone is 1. The smallest absolute Gasteiger partial charge is 0.198 e. The van der Waals surface area contributed by atoms with Crippen molar-refractivity contribution in [1.82, 2.24) is 4.98 Å². The molecule has 2 aromatic carbocycles. The van der Waals surface area contributed by atoms with Crippen LogP contribution in [0.4, 0.5) is 0 Å². The summed E-state index contributed by atoms with van der Waals surface area (Å²) in [7, 11) is 1.60. The molecule has 0 aliphatic carbocycles. The van der Waals surface area contributed by atoms with Crippen LogP contribution in [0.5, 0.6) is 5.75 Å². The molecule has 0 amide bonds. The molecule has 0 radical (unpaired) electrons. The van der Waals surface area contributed by atoms with E-state index in [1.807, 2.05) is 68.4 Å². The number of furan rings is 1. The van der Waals surface area contributed by atoms with Crippen LogP contribution in [0.3, 0.4) is 0 Å². The fraction of sp³-hybridized carbons (Fsp3) is 0.125. The minimum Gasteiger partial charge on any atom is -0.497 e. The zero-order valence-corrected chi connectivity index (χ0v) is 16.1. The molecule has 0 fully saturated rings. The van der Waals surface area contributed by atoms with Crippen molar-refractivity contribution in [2.75, 3.05) is 7.11 Å². The van der Waals surface area contributed by atoms with Crippen LogP contribution in [-0.4, -0.2) is 12.1 Å². The average Bonchev–Trinajstić information content (AvgIpc) is 3.25. The van der Waals surface area contributed by atoms with Gasteiger partial charge in [0.05, 0.1) is 30.1 Å². The maximum Gasteiger partial charge on any atom is 0.198 e. The Hall–Kier alpha value is -3.53. The Morgan fingerprint density at radius 3 is 2.43 bits per heavy atom. The summed E-state index contributed by atoms with van der Waals surface area (Å²) in [6.45, 7) is 4.03. The van der Waals surface area contributed by atoms with E-state index >= 15 is 0 Å². The molecule has 0 spiro atoms. The van der Waals surface area contributed by atoms with Gasteiger partial charge < -0.3 is 14.1 Å². The molecule has 4 nitrogen and oxygen atoms in total. The Morgan fingerprint density at radius 2 is 1.79 bits per heavy atom. The van der Waals surface area contributed by atoms with Gasteiger partial charge in [0.15, 0.2) is 11.2 Å². The number of aromatic amines is 1. The zero-order chi connectivity index (χ0) is 19.7. The number of nitrogens with one attached hydrogen (secondary N) is 1. The van der Waals surface area contributed by atoms with Gasteiger partial charge in [0, 0.05) is 5.39 Å². The lowest BCUT2D eigenvalue weighted by Crippen LogP contribution is -2.14. The number of H-pyrrole nitrogens is 1. The molecule has 0 bridgehead atoms. The number of ether oxygens (including phenoxy) is 1. The lowest BCUT2D eigenvalue weighted by molar-refractivity contribution is 0.415. The van der Waals surface area contributed by atoms with E-state index in [9.17, 15) is 4.79 Å². The highest BCUT2D eigenvalue weighted by Gasteiger charge is 2.21. The van der Waals surface area contributed by atoms with E-state index in [1.165, 1.54) is 0 Å². The van der Waals surface area contributed by atoms with E-state index in [0.29, 0.717) is 28.2 Å². The molecule has 0 unspecified atom stereocenters. The predicted molar refractivity (Wildman–Crippen MR) is 113 cm³/mol. The van der Waals surface area contributed by atoms with E-state index in [-0.39, 0.29) is 5.43 Å². The number of hydrogen-bond donors (Lipinski definition) is 1. The number of hydrogen-bond acceptors (Lipinski definition) is 3.